The number of thioether (sulfide) groups is 1. The Hall–Kier alpha value is -1.33. The van der Waals surface area contributed by atoms with Crippen LogP contribution in [0, 0.1) is 6.92 Å². The van der Waals surface area contributed by atoms with Crippen LogP contribution in [0.15, 0.2) is 33.7 Å². The fraction of sp³-hybridized carbons (Fsp3) is 0.467. The molecule has 0 aliphatic carbocycles. The second-order valence-corrected chi connectivity index (χ2v) is 6.14. The monoisotopic (exact) mass is 289 g/mol. The smallest absolute Gasteiger partial charge is 0.229 e. The maximum absolute atomic E-state index is 5.42. The second-order valence-electron chi connectivity index (χ2n) is 5.13. The number of piperidine rings is 1. The third kappa shape index (κ3) is 3.22. The lowest BCUT2D eigenvalue weighted by Crippen LogP contribution is -2.26. The molecule has 0 atom stereocenters. The van der Waals surface area contributed by atoms with Crippen LogP contribution in [0.25, 0.3) is 0 Å². The molecule has 1 saturated heterocycles. The zero-order valence-electron chi connectivity index (χ0n) is 11.6. The Labute approximate surface area is 123 Å². The normalized spacial score (nSPS) is 16.4. The number of hydrogen-bond acceptors (Lipinski definition) is 5. The summed E-state index contributed by atoms with van der Waals surface area (Å²) in [6.07, 6.45) is 2.18. The molecule has 0 bridgehead atoms. The van der Waals surface area contributed by atoms with Gasteiger partial charge in [0.2, 0.25) is 5.89 Å². The molecule has 4 nitrogen and oxygen atoms in total. The van der Waals surface area contributed by atoms with Gasteiger partial charge in [-0.2, -0.15) is 4.98 Å². The summed E-state index contributed by atoms with van der Waals surface area (Å²) >= 11 is 1.76. The highest BCUT2D eigenvalue weighted by molar-refractivity contribution is 7.98. The molecule has 1 fully saturated rings. The van der Waals surface area contributed by atoms with Gasteiger partial charge in [-0.25, -0.2) is 0 Å². The molecule has 0 unspecified atom stereocenters. The second kappa shape index (κ2) is 6.41. The van der Waals surface area contributed by atoms with Crippen molar-refractivity contribution < 1.29 is 4.52 Å². The number of nitrogens with one attached hydrogen (secondary N) is 1. The number of hydrogen-bond donors (Lipinski definition) is 1. The van der Waals surface area contributed by atoms with Crippen LogP contribution in [-0.4, -0.2) is 23.2 Å². The SMILES string of the molecule is Cc1ccccc1SCc1noc(C2CCNCC2)n1. The molecular formula is C15H19N3OS. The molecule has 1 N–H and O–H groups in total. The third-order valence-electron chi connectivity index (χ3n) is 3.62. The van der Waals surface area contributed by atoms with E-state index in [0.717, 1.165) is 43.4 Å². The first kappa shape index (κ1) is 13.6. The fourth-order valence-corrected chi connectivity index (χ4v) is 3.29. The molecule has 0 amide bonds. The molecule has 20 heavy (non-hydrogen) atoms. The van der Waals surface area contributed by atoms with Crippen molar-refractivity contribution in [3.8, 4) is 0 Å². The van der Waals surface area contributed by atoms with Gasteiger partial charge in [0, 0.05) is 10.8 Å². The quantitative estimate of drug-likeness (QED) is 0.876. The van der Waals surface area contributed by atoms with Crippen molar-refractivity contribution in [1.82, 2.24) is 15.5 Å². The molecular weight excluding hydrogens is 270 g/mol. The summed E-state index contributed by atoms with van der Waals surface area (Å²) in [5.74, 6) is 2.80. The summed E-state index contributed by atoms with van der Waals surface area (Å²) in [7, 11) is 0. The van der Waals surface area contributed by atoms with Crippen LogP contribution in [0.1, 0.15) is 36.0 Å². The van der Waals surface area contributed by atoms with Crippen LogP contribution in [0.2, 0.25) is 0 Å². The van der Waals surface area contributed by atoms with Gasteiger partial charge in [0.15, 0.2) is 5.82 Å². The number of nitrogens with zero attached hydrogens (tertiary/aromatic N) is 2. The van der Waals surface area contributed by atoms with Crippen molar-refractivity contribution in [3.63, 3.8) is 0 Å². The number of rotatable bonds is 4. The summed E-state index contributed by atoms with van der Waals surface area (Å²) in [6, 6.07) is 8.38. The van der Waals surface area contributed by atoms with Crippen molar-refractivity contribution in [2.75, 3.05) is 13.1 Å². The van der Waals surface area contributed by atoms with E-state index >= 15 is 0 Å². The van der Waals surface area contributed by atoms with E-state index in [4.69, 9.17) is 4.52 Å². The Kier molecular flexibility index (Phi) is 4.38. The molecule has 1 aliphatic rings. The van der Waals surface area contributed by atoms with Crippen LogP contribution >= 0.6 is 11.8 Å². The van der Waals surface area contributed by atoms with Crippen molar-refractivity contribution >= 4 is 11.8 Å². The van der Waals surface area contributed by atoms with E-state index in [1.807, 2.05) is 0 Å². The van der Waals surface area contributed by atoms with Crippen molar-refractivity contribution in [2.24, 2.45) is 0 Å². The first-order valence-corrected chi connectivity index (χ1v) is 8.03. The molecule has 0 saturated carbocycles. The summed E-state index contributed by atoms with van der Waals surface area (Å²) in [6.45, 7) is 4.21. The summed E-state index contributed by atoms with van der Waals surface area (Å²) in [5, 5.41) is 7.46. The minimum absolute atomic E-state index is 0.431. The highest BCUT2D eigenvalue weighted by atomic mass is 32.2. The maximum Gasteiger partial charge on any atom is 0.229 e. The summed E-state index contributed by atoms with van der Waals surface area (Å²) in [5.41, 5.74) is 1.29. The van der Waals surface area contributed by atoms with Crippen LogP contribution < -0.4 is 5.32 Å². The van der Waals surface area contributed by atoms with Crippen LogP contribution in [0.3, 0.4) is 0 Å². The van der Waals surface area contributed by atoms with Gasteiger partial charge < -0.3 is 9.84 Å². The van der Waals surface area contributed by atoms with Gasteiger partial charge in [-0.15, -0.1) is 11.8 Å². The van der Waals surface area contributed by atoms with E-state index in [1.54, 1.807) is 11.8 Å². The van der Waals surface area contributed by atoms with E-state index < -0.39 is 0 Å². The van der Waals surface area contributed by atoms with Gasteiger partial charge in [0.1, 0.15) is 0 Å². The fourth-order valence-electron chi connectivity index (χ4n) is 2.42. The molecule has 2 heterocycles. The highest BCUT2D eigenvalue weighted by Gasteiger charge is 2.21. The molecule has 106 valence electrons. The Morgan fingerprint density at radius 1 is 1.30 bits per heavy atom. The molecule has 1 aromatic carbocycles. The lowest BCUT2D eigenvalue weighted by molar-refractivity contribution is 0.319. The van der Waals surface area contributed by atoms with Crippen molar-refractivity contribution in [3.05, 3.63) is 41.5 Å². The molecule has 1 aromatic heterocycles. The average Bonchev–Trinajstić information content (AvgIpc) is 2.96. The molecule has 0 radical (unpaired) electrons. The summed E-state index contributed by atoms with van der Waals surface area (Å²) in [4.78, 5) is 5.83. The third-order valence-corrected chi connectivity index (χ3v) is 4.79. The Morgan fingerprint density at radius 2 is 2.10 bits per heavy atom. The topological polar surface area (TPSA) is 51.0 Å². The Bertz CT molecular complexity index is 564. The standard InChI is InChI=1S/C15H19N3OS/c1-11-4-2-3-5-13(11)20-10-14-17-15(19-18-14)12-6-8-16-9-7-12/h2-5,12,16H,6-10H2,1H3. The van der Waals surface area contributed by atoms with E-state index in [-0.39, 0.29) is 0 Å². The first-order valence-electron chi connectivity index (χ1n) is 7.04. The number of aromatic nitrogens is 2. The zero-order chi connectivity index (χ0) is 13.8. The molecule has 3 rings (SSSR count). The lowest BCUT2D eigenvalue weighted by atomic mass is 9.98. The van der Waals surface area contributed by atoms with Crippen LogP contribution in [0.5, 0.6) is 0 Å². The zero-order valence-corrected chi connectivity index (χ0v) is 12.4. The molecule has 0 spiro atoms. The minimum Gasteiger partial charge on any atom is -0.339 e. The van der Waals surface area contributed by atoms with Crippen molar-refractivity contribution in [2.45, 2.75) is 36.3 Å². The Balaban J connectivity index is 1.61. The van der Waals surface area contributed by atoms with Gasteiger partial charge in [0.05, 0.1) is 5.75 Å². The summed E-state index contributed by atoms with van der Waals surface area (Å²) < 4.78 is 5.42. The van der Waals surface area contributed by atoms with Gasteiger partial charge in [-0.3, -0.25) is 0 Å². The Morgan fingerprint density at radius 3 is 2.90 bits per heavy atom. The van der Waals surface area contributed by atoms with E-state index in [9.17, 15) is 0 Å². The van der Waals surface area contributed by atoms with Crippen LogP contribution in [-0.2, 0) is 5.75 Å². The van der Waals surface area contributed by atoms with Gasteiger partial charge in [-0.05, 0) is 44.5 Å². The van der Waals surface area contributed by atoms with E-state index in [2.05, 4.69) is 46.6 Å². The highest BCUT2D eigenvalue weighted by Crippen LogP contribution is 2.27. The van der Waals surface area contributed by atoms with Gasteiger partial charge >= 0.3 is 0 Å². The molecule has 5 heteroatoms. The predicted molar refractivity (Wildman–Crippen MR) is 79.9 cm³/mol. The van der Waals surface area contributed by atoms with Gasteiger partial charge in [0.25, 0.3) is 0 Å². The largest absolute Gasteiger partial charge is 0.339 e. The maximum atomic E-state index is 5.42. The number of benzene rings is 1. The minimum atomic E-state index is 0.431. The predicted octanol–water partition coefficient (Wildman–Crippen LogP) is 3.14. The first-order chi connectivity index (χ1) is 9.83. The van der Waals surface area contributed by atoms with Gasteiger partial charge in [-0.1, -0.05) is 23.4 Å². The van der Waals surface area contributed by atoms with E-state index in [1.165, 1.54) is 10.5 Å². The molecule has 1 aliphatic heterocycles. The number of aryl methyl sites for hydroxylation is 1. The van der Waals surface area contributed by atoms with E-state index in [0.29, 0.717) is 5.92 Å². The van der Waals surface area contributed by atoms with Crippen molar-refractivity contribution in [1.29, 1.82) is 0 Å². The average molecular weight is 289 g/mol. The lowest BCUT2D eigenvalue weighted by Gasteiger charge is -2.18. The van der Waals surface area contributed by atoms with Crippen LogP contribution in [0.4, 0.5) is 0 Å². The molecule has 2 aromatic rings.